The highest BCUT2D eigenvalue weighted by molar-refractivity contribution is 6.04. The number of imide groups is 1. The monoisotopic (exact) mass is 325 g/mol. The van der Waals surface area contributed by atoms with Crippen LogP contribution in [0.25, 0.3) is 0 Å². The number of carbonyl (C=O) groups is 2. The first-order valence-corrected chi connectivity index (χ1v) is 7.07. The van der Waals surface area contributed by atoms with Crippen molar-refractivity contribution in [2.75, 3.05) is 6.61 Å². The molecule has 0 saturated carbocycles. The summed E-state index contributed by atoms with van der Waals surface area (Å²) in [6.45, 7) is 0.709. The highest BCUT2D eigenvalue weighted by Crippen LogP contribution is 2.32. The molecule has 5 N–H and O–H groups in total. The van der Waals surface area contributed by atoms with Gasteiger partial charge in [-0.05, 0) is 17.7 Å². The van der Waals surface area contributed by atoms with E-state index in [1.165, 1.54) is 31.2 Å². The van der Waals surface area contributed by atoms with Crippen LogP contribution in [0.5, 0.6) is 0 Å². The van der Waals surface area contributed by atoms with Crippen LogP contribution in [0.15, 0.2) is 24.3 Å². The van der Waals surface area contributed by atoms with Gasteiger partial charge in [-0.15, -0.1) is 0 Å². The maximum atomic E-state index is 11.7. The molecule has 1 saturated heterocycles. The molecular weight excluding hydrogens is 306 g/mol. The molecule has 1 aliphatic rings. The van der Waals surface area contributed by atoms with Crippen molar-refractivity contribution in [1.82, 2.24) is 5.32 Å². The van der Waals surface area contributed by atoms with E-state index in [9.17, 15) is 24.9 Å². The molecule has 2 rings (SSSR count). The van der Waals surface area contributed by atoms with Crippen LogP contribution >= 0.6 is 0 Å². The van der Waals surface area contributed by atoms with Gasteiger partial charge in [0.15, 0.2) is 0 Å². The van der Waals surface area contributed by atoms with Gasteiger partial charge in [0.1, 0.15) is 30.5 Å². The predicted molar refractivity (Wildman–Crippen MR) is 77.3 cm³/mol. The van der Waals surface area contributed by atoms with E-state index in [-0.39, 0.29) is 5.56 Å². The Bertz CT molecular complexity index is 572. The first-order valence-electron chi connectivity index (χ1n) is 7.07. The molecule has 0 aliphatic carbocycles. The molecule has 1 fully saturated rings. The number of aliphatic hydroxyl groups is 4. The van der Waals surface area contributed by atoms with Gasteiger partial charge in [-0.3, -0.25) is 14.9 Å². The number of ether oxygens (including phenoxy) is 1. The lowest BCUT2D eigenvalue weighted by atomic mass is 9.91. The maximum Gasteiger partial charge on any atom is 0.257 e. The lowest BCUT2D eigenvalue weighted by Gasteiger charge is -2.40. The lowest BCUT2D eigenvalue weighted by Crippen LogP contribution is -2.55. The molecule has 0 radical (unpaired) electrons. The number of rotatable bonds is 3. The summed E-state index contributed by atoms with van der Waals surface area (Å²) in [5.41, 5.74) is 0.704. The standard InChI is InChI=1S/C15H19NO7/c1-7(18)16-15(22)9-4-2-8(3-5-9)14-13(21)12(20)11(19)10(6-17)23-14/h2-5,10-14,17,19-21H,6H2,1H3,(H,16,18,22)/t10-,11-,12+,13-,14?/m1/s1. The normalized spacial score (nSPS) is 30.7. The van der Waals surface area contributed by atoms with Gasteiger partial charge in [-0.2, -0.15) is 0 Å². The molecule has 0 aromatic heterocycles. The third kappa shape index (κ3) is 3.74. The van der Waals surface area contributed by atoms with Gasteiger partial charge in [0.25, 0.3) is 5.91 Å². The minimum Gasteiger partial charge on any atom is -0.394 e. The molecule has 8 heteroatoms. The summed E-state index contributed by atoms with van der Waals surface area (Å²) in [7, 11) is 0. The third-order valence-corrected chi connectivity index (χ3v) is 3.68. The Labute approximate surface area is 132 Å². The van der Waals surface area contributed by atoms with Crippen molar-refractivity contribution in [3.8, 4) is 0 Å². The fourth-order valence-corrected chi connectivity index (χ4v) is 2.43. The zero-order valence-corrected chi connectivity index (χ0v) is 12.4. The number of nitrogens with one attached hydrogen (secondary N) is 1. The van der Waals surface area contributed by atoms with E-state index in [2.05, 4.69) is 5.32 Å². The van der Waals surface area contributed by atoms with Crippen molar-refractivity contribution < 1.29 is 34.8 Å². The van der Waals surface area contributed by atoms with E-state index < -0.39 is 48.9 Å². The summed E-state index contributed by atoms with van der Waals surface area (Å²) < 4.78 is 5.42. The SMILES string of the molecule is CC(=O)NC(=O)c1ccc(C2O[C@H](CO)[C@@H](O)[C@H](O)[C@H]2O)cc1. The summed E-state index contributed by atoms with van der Waals surface area (Å²) in [6.07, 6.45) is -6.24. The van der Waals surface area contributed by atoms with Crippen LogP contribution in [0, 0.1) is 0 Å². The van der Waals surface area contributed by atoms with Crippen molar-refractivity contribution in [3.05, 3.63) is 35.4 Å². The van der Waals surface area contributed by atoms with Crippen LogP contribution in [0.4, 0.5) is 0 Å². The second-order valence-corrected chi connectivity index (χ2v) is 5.38. The minimum absolute atomic E-state index is 0.244. The van der Waals surface area contributed by atoms with Gasteiger partial charge < -0.3 is 25.2 Å². The highest BCUT2D eigenvalue weighted by atomic mass is 16.5. The maximum absolute atomic E-state index is 11.7. The highest BCUT2D eigenvalue weighted by Gasteiger charge is 2.43. The van der Waals surface area contributed by atoms with Crippen LogP contribution < -0.4 is 5.32 Å². The summed E-state index contributed by atoms with van der Waals surface area (Å²) in [6, 6.07) is 5.88. The summed E-state index contributed by atoms with van der Waals surface area (Å²) in [4.78, 5) is 22.5. The summed E-state index contributed by atoms with van der Waals surface area (Å²) in [5.74, 6) is -1.04. The molecule has 5 atom stereocenters. The fraction of sp³-hybridized carbons (Fsp3) is 0.467. The Morgan fingerprint density at radius 2 is 1.70 bits per heavy atom. The predicted octanol–water partition coefficient (Wildman–Crippen LogP) is -1.52. The van der Waals surface area contributed by atoms with Crippen molar-refractivity contribution in [2.45, 2.75) is 37.4 Å². The van der Waals surface area contributed by atoms with Crippen molar-refractivity contribution in [1.29, 1.82) is 0 Å². The molecule has 1 aliphatic heterocycles. The molecule has 1 heterocycles. The second-order valence-electron chi connectivity index (χ2n) is 5.38. The molecule has 126 valence electrons. The van der Waals surface area contributed by atoms with E-state index in [1.807, 2.05) is 0 Å². The van der Waals surface area contributed by atoms with E-state index in [1.54, 1.807) is 0 Å². The van der Waals surface area contributed by atoms with Crippen molar-refractivity contribution >= 4 is 11.8 Å². The Morgan fingerprint density at radius 1 is 1.09 bits per heavy atom. The second kappa shape index (κ2) is 7.16. The molecule has 2 amide bonds. The molecule has 8 nitrogen and oxygen atoms in total. The van der Waals surface area contributed by atoms with E-state index in [0.29, 0.717) is 5.56 Å². The van der Waals surface area contributed by atoms with Gasteiger partial charge in [0, 0.05) is 12.5 Å². The molecule has 1 aromatic carbocycles. The summed E-state index contributed by atoms with van der Waals surface area (Å²) in [5, 5.41) is 40.9. The third-order valence-electron chi connectivity index (χ3n) is 3.68. The quantitative estimate of drug-likeness (QED) is 0.455. The smallest absolute Gasteiger partial charge is 0.257 e. The van der Waals surface area contributed by atoms with Crippen LogP contribution in [-0.4, -0.2) is 63.3 Å². The minimum atomic E-state index is -1.47. The fourth-order valence-electron chi connectivity index (χ4n) is 2.43. The number of carbonyl (C=O) groups excluding carboxylic acids is 2. The van der Waals surface area contributed by atoms with E-state index >= 15 is 0 Å². The van der Waals surface area contributed by atoms with Crippen LogP contribution in [0.3, 0.4) is 0 Å². The number of aliphatic hydroxyl groups excluding tert-OH is 4. The van der Waals surface area contributed by atoms with Gasteiger partial charge in [0.05, 0.1) is 6.61 Å². The van der Waals surface area contributed by atoms with Gasteiger partial charge in [-0.25, -0.2) is 0 Å². The van der Waals surface area contributed by atoms with E-state index in [0.717, 1.165) is 0 Å². The topological polar surface area (TPSA) is 136 Å². The van der Waals surface area contributed by atoms with Crippen LogP contribution in [-0.2, 0) is 9.53 Å². The zero-order valence-electron chi connectivity index (χ0n) is 12.4. The van der Waals surface area contributed by atoms with Crippen LogP contribution in [0.1, 0.15) is 28.9 Å². The lowest BCUT2D eigenvalue weighted by molar-refractivity contribution is -0.231. The number of hydrogen-bond acceptors (Lipinski definition) is 7. The molecular formula is C15H19NO7. The Balaban J connectivity index is 2.18. The molecule has 23 heavy (non-hydrogen) atoms. The Morgan fingerprint density at radius 3 is 2.22 bits per heavy atom. The van der Waals surface area contributed by atoms with Gasteiger partial charge in [-0.1, -0.05) is 12.1 Å². The first-order chi connectivity index (χ1) is 10.8. The number of hydrogen-bond donors (Lipinski definition) is 5. The Kier molecular flexibility index (Phi) is 5.45. The molecule has 1 unspecified atom stereocenters. The number of amides is 2. The van der Waals surface area contributed by atoms with E-state index in [4.69, 9.17) is 9.84 Å². The largest absolute Gasteiger partial charge is 0.394 e. The molecule has 1 aromatic rings. The van der Waals surface area contributed by atoms with Gasteiger partial charge in [0.2, 0.25) is 5.91 Å². The van der Waals surface area contributed by atoms with Crippen molar-refractivity contribution in [3.63, 3.8) is 0 Å². The van der Waals surface area contributed by atoms with Crippen LogP contribution in [0.2, 0.25) is 0 Å². The number of benzene rings is 1. The Hall–Kier alpha value is -1.84. The molecule has 0 spiro atoms. The molecule has 0 bridgehead atoms. The van der Waals surface area contributed by atoms with Gasteiger partial charge >= 0.3 is 0 Å². The summed E-state index contributed by atoms with van der Waals surface area (Å²) >= 11 is 0. The zero-order chi connectivity index (χ0) is 17.1. The average Bonchev–Trinajstić information content (AvgIpc) is 2.52. The van der Waals surface area contributed by atoms with Crippen molar-refractivity contribution in [2.24, 2.45) is 0 Å². The average molecular weight is 325 g/mol. The first kappa shape index (κ1) is 17.5.